The maximum atomic E-state index is 14.5. The average Bonchev–Trinajstić information content (AvgIpc) is 3.30. The van der Waals surface area contributed by atoms with Gasteiger partial charge in [-0.05, 0) is 32.0 Å². The summed E-state index contributed by atoms with van der Waals surface area (Å²) in [7, 11) is 3.15. The van der Waals surface area contributed by atoms with Gasteiger partial charge < -0.3 is 24.6 Å². The number of nitrogens with one attached hydrogen (secondary N) is 1. The van der Waals surface area contributed by atoms with Crippen molar-refractivity contribution in [1.29, 1.82) is 0 Å². The van der Waals surface area contributed by atoms with Crippen molar-refractivity contribution >= 4 is 5.91 Å². The molecular weight excluding hydrogens is 425 g/mol. The Morgan fingerprint density at radius 1 is 1.34 bits per heavy atom. The van der Waals surface area contributed by atoms with Gasteiger partial charge in [-0.1, -0.05) is 0 Å². The number of aliphatic hydroxyl groups excluding tert-OH is 1. The van der Waals surface area contributed by atoms with Crippen molar-refractivity contribution in [2.24, 2.45) is 13.0 Å². The van der Waals surface area contributed by atoms with Crippen molar-refractivity contribution in [3.05, 3.63) is 41.9 Å². The zero-order valence-corrected chi connectivity index (χ0v) is 18.3. The molecule has 5 atom stereocenters. The Labute approximate surface area is 184 Å². The van der Waals surface area contributed by atoms with E-state index in [1.165, 1.54) is 18.2 Å². The van der Waals surface area contributed by atoms with Crippen LogP contribution in [0.1, 0.15) is 25.7 Å². The van der Waals surface area contributed by atoms with Gasteiger partial charge >= 0.3 is 0 Å². The van der Waals surface area contributed by atoms with Crippen LogP contribution in [0.25, 0.3) is 11.3 Å². The lowest BCUT2D eigenvalue weighted by Crippen LogP contribution is -2.62. The molecule has 0 aliphatic carbocycles. The fraction of sp³-hybridized carbons (Fsp3) is 0.545. The molecule has 2 aromatic rings. The van der Waals surface area contributed by atoms with Crippen molar-refractivity contribution in [3.8, 4) is 11.3 Å². The van der Waals surface area contributed by atoms with Crippen LogP contribution in [0, 0.1) is 17.6 Å². The zero-order chi connectivity index (χ0) is 23.4. The number of halogens is 3. The number of hydrogen-bond donors (Lipinski definition) is 2. The van der Waals surface area contributed by atoms with Gasteiger partial charge in [-0.15, -0.1) is 0 Å². The van der Waals surface area contributed by atoms with Gasteiger partial charge in [0.2, 0.25) is 0 Å². The normalized spacial score (nSPS) is 27.0. The van der Waals surface area contributed by atoms with E-state index in [0.29, 0.717) is 5.82 Å². The zero-order valence-electron chi connectivity index (χ0n) is 18.3. The van der Waals surface area contributed by atoms with Gasteiger partial charge in [0.1, 0.15) is 35.8 Å². The number of ether oxygens (including phenoxy) is 1. The molecule has 0 bridgehead atoms. The minimum Gasteiger partial charge on any atom is -0.382 e. The van der Waals surface area contributed by atoms with E-state index in [9.17, 15) is 23.1 Å². The summed E-state index contributed by atoms with van der Waals surface area (Å²) in [5.74, 6) is -2.05. The van der Waals surface area contributed by atoms with Crippen LogP contribution in [0.15, 0.2) is 24.4 Å². The average molecular weight is 452 g/mol. The fourth-order valence-electron chi connectivity index (χ4n) is 4.72. The molecule has 1 aromatic carbocycles. The van der Waals surface area contributed by atoms with Crippen LogP contribution >= 0.6 is 0 Å². The second-order valence-electron chi connectivity index (χ2n) is 8.98. The number of carbonyl (C=O) groups excluding carboxylic acids is 1. The Hall–Kier alpha value is -2.43. The predicted molar refractivity (Wildman–Crippen MR) is 110 cm³/mol. The summed E-state index contributed by atoms with van der Waals surface area (Å²) in [5, 5.41) is 13.5. The SMILES string of the molecule is COC(C)(C)C(c1nc(-c2cc(F)ccc2F)cn1C)N1CC2C(F)CNC2[C@H](O)C1=O. The smallest absolute Gasteiger partial charge is 0.253 e. The summed E-state index contributed by atoms with van der Waals surface area (Å²) in [4.78, 5) is 19.1. The molecule has 1 amide bonds. The van der Waals surface area contributed by atoms with Crippen LogP contribution < -0.4 is 5.32 Å². The Bertz CT molecular complexity index is 1030. The van der Waals surface area contributed by atoms with Gasteiger partial charge in [0.25, 0.3) is 5.91 Å². The van der Waals surface area contributed by atoms with Gasteiger partial charge in [0, 0.05) is 51.0 Å². The third-order valence-corrected chi connectivity index (χ3v) is 6.62. The lowest BCUT2D eigenvalue weighted by atomic mass is 9.86. The predicted octanol–water partition coefficient (Wildman–Crippen LogP) is 1.96. The maximum absolute atomic E-state index is 14.5. The minimum atomic E-state index is -1.41. The number of carbonyl (C=O) groups is 1. The number of rotatable bonds is 5. The first-order chi connectivity index (χ1) is 15.0. The number of alkyl halides is 1. The van der Waals surface area contributed by atoms with Crippen LogP contribution in [0.5, 0.6) is 0 Å². The van der Waals surface area contributed by atoms with E-state index in [4.69, 9.17) is 4.74 Å². The number of benzene rings is 1. The van der Waals surface area contributed by atoms with E-state index in [1.54, 1.807) is 25.5 Å². The summed E-state index contributed by atoms with van der Waals surface area (Å²) >= 11 is 0. The molecule has 174 valence electrons. The summed E-state index contributed by atoms with van der Waals surface area (Å²) < 4.78 is 49.9. The second-order valence-corrected chi connectivity index (χ2v) is 8.98. The first-order valence-electron chi connectivity index (χ1n) is 10.4. The molecule has 4 rings (SSSR count). The molecule has 4 unspecified atom stereocenters. The Morgan fingerprint density at radius 2 is 2.06 bits per heavy atom. The molecule has 2 aliphatic heterocycles. The third kappa shape index (κ3) is 3.70. The largest absolute Gasteiger partial charge is 0.382 e. The number of piperidine rings is 1. The molecule has 0 radical (unpaired) electrons. The Kier molecular flexibility index (Phi) is 5.81. The number of likely N-dealkylation sites (tertiary alicyclic amines) is 1. The highest BCUT2D eigenvalue weighted by atomic mass is 19.1. The lowest BCUT2D eigenvalue weighted by molar-refractivity contribution is -0.161. The van der Waals surface area contributed by atoms with Gasteiger partial charge in [-0.25, -0.2) is 18.2 Å². The van der Waals surface area contributed by atoms with E-state index in [0.717, 1.165) is 18.2 Å². The molecule has 0 saturated carbocycles. The standard InChI is InChI=1S/C22H27F3N4O3/c1-22(2,32-4)19(29-9-13-15(25)8-26-17(13)18(30)21(29)31)20-27-16(10-28(20)3)12-7-11(23)5-6-14(12)24/h5-7,10,13,15,17-19,26,30H,8-9H2,1-4H3/t13?,15?,17?,18-,19?/m0/s1. The molecule has 2 fully saturated rings. The topological polar surface area (TPSA) is 79.6 Å². The molecule has 1 aromatic heterocycles. The molecule has 10 heteroatoms. The van der Waals surface area contributed by atoms with E-state index in [-0.39, 0.29) is 24.3 Å². The molecule has 0 spiro atoms. The number of methoxy groups -OCH3 is 1. The quantitative estimate of drug-likeness (QED) is 0.725. The van der Waals surface area contributed by atoms with Crippen LogP contribution in [-0.4, -0.2) is 69.6 Å². The summed E-state index contributed by atoms with van der Waals surface area (Å²) in [6.07, 6.45) is -1.09. The van der Waals surface area contributed by atoms with Crippen molar-refractivity contribution in [2.75, 3.05) is 20.2 Å². The Morgan fingerprint density at radius 3 is 2.75 bits per heavy atom. The number of aryl methyl sites for hydroxylation is 1. The van der Waals surface area contributed by atoms with Crippen LogP contribution in [0.3, 0.4) is 0 Å². The number of nitrogens with zero attached hydrogens (tertiary/aromatic N) is 3. The number of imidazole rings is 1. The molecule has 7 nitrogen and oxygen atoms in total. The second kappa shape index (κ2) is 8.17. The number of aliphatic hydroxyl groups is 1. The third-order valence-electron chi connectivity index (χ3n) is 6.62. The highest BCUT2D eigenvalue weighted by Crippen LogP contribution is 2.40. The molecule has 2 N–H and O–H groups in total. The van der Waals surface area contributed by atoms with Crippen molar-refractivity contribution < 1.29 is 27.8 Å². The minimum absolute atomic E-state index is 0.0188. The van der Waals surface area contributed by atoms with Crippen molar-refractivity contribution in [3.63, 3.8) is 0 Å². The molecule has 2 saturated heterocycles. The van der Waals surface area contributed by atoms with Gasteiger partial charge in [0.15, 0.2) is 0 Å². The highest BCUT2D eigenvalue weighted by Gasteiger charge is 2.53. The first kappa shape index (κ1) is 22.8. The fourth-order valence-corrected chi connectivity index (χ4v) is 4.72. The molecule has 32 heavy (non-hydrogen) atoms. The maximum Gasteiger partial charge on any atom is 0.253 e. The van der Waals surface area contributed by atoms with Gasteiger partial charge in [0.05, 0.1) is 11.3 Å². The monoisotopic (exact) mass is 452 g/mol. The number of fused-ring (bicyclic) bond motifs is 1. The van der Waals surface area contributed by atoms with Gasteiger partial charge in [-0.3, -0.25) is 4.79 Å². The van der Waals surface area contributed by atoms with Gasteiger partial charge in [-0.2, -0.15) is 0 Å². The number of hydrogen-bond acceptors (Lipinski definition) is 5. The molecule has 3 heterocycles. The van der Waals surface area contributed by atoms with Crippen molar-refractivity contribution in [1.82, 2.24) is 19.8 Å². The van der Waals surface area contributed by atoms with E-state index >= 15 is 0 Å². The summed E-state index contributed by atoms with van der Waals surface area (Å²) in [6, 6.07) is 1.62. The number of aromatic nitrogens is 2. The summed E-state index contributed by atoms with van der Waals surface area (Å²) in [6.45, 7) is 3.63. The van der Waals surface area contributed by atoms with E-state index < -0.39 is 53.4 Å². The van der Waals surface area contributed by atoms with Crippen molar-refractivity contribution in [2.45, 2.75) is 43.8 Å². The summed E-state index contributed by atoms with van der Waals surface area (Å²) in [5.41, 5.74) is -0.823. The van der Waals surface area contributed by atoms with E-state index in [2.05, 4.69) is 10.3 Å². The van der Waals surface area contributed by atoms with Crippen LogP contribution in [0.2, 0.25) is 0 Å². The first-order valence-corrected chi connectivity index (χ1v) is 10.4. The highest BCUT2D eigenvalue weighted by molar-refractivity contribution is 5.83. The number of amides is 1. The molecule has 2 aliphatic rings. The van der Waals surface area contributed by atoms with Crippen LogP contribution in [0.4, 0.5) is 13.2 Å². The molecular formula is C22H27F3N4O3. The lowest BCUT2D eigenvalue weighted by Gasteiger charge is -2.46. The van der Waals surface area contributed by atoms with Crippen LogP contribution in [-0.2, 0) is 16.6 Å². The van der Waals surface area contributed by atoms with E-state index in [1.807, 2.05) is 0 Å². The Balaban J connectivity index is 1.79.